The van der Waals surface area contributed by atoms with Gasteiger partial charge in [-0.05, 0) is 66.0 Å². The number of amides is 1. The molecule has 2 heterocycles. The van der Waals surface area contributed by atoms with Gasteiger partial charge >= 0.3 is 0 Å². The third-order valence-electron chi connectivity index (χ3n) is 4.44. The van der Waals surface area contributed by atoms with Gasteiger partial charge in [0.25, 0.3) is 5.91 Å². The molecule has 2 aromatic heterocycles. The molecule has 0 aliphatic rings. The summed E-state index contributed by atoms with van der Waals surface area (Å²) in [6.07, 6.45) is 0. The number of furan rings is 1. The van der Waals surface area contributed by atoms with E-state index < -0.39 is 15.7 Å². The highest BCUT2D eigenvalue weighted by atomic mass is 79.9. The second kappa shape index (κ2) is 9.00. The highest BCUT2D eigenvalue weighted by Gasteiger charge is 2.27. The molecule has 9 heteroatoms. The van der Waals surface area contributed by atoms with E-state index in [0.717, 1.165) is 9.35 Å². The predicted octanol–water partition coefficient (Wildman–Crippen LogP) is 6.44. The molecule has 0 saturated carbocycles. The molecule has 0 aliphatic heterocycles. The number of benzene rings is 2. The van der Waals surface area contributed by atoms with Gasteiger partial charge in [-0.25, -0.2) is 8.42 Å². The van der Waals surface area contributed by atoms with Crippen molar-refractivity contribution in [2.45, 2.75) is 16.5 Å². The van der Waals surface area contributed by atoms with Crippen LogP contribution < -0.4 is 4.90 Å². The van der Waals surface area contributed by atoms with E-state index in [1.54, 1.807) is 36.4 Å². The molecule has 4 aromatic rings. The van der Waals surface area contributed by atoms with Crippen molar-refractivity contribution in [3.05, 3.63) is 98.3 Å². The molecule has 158 valence electrons. The van der Waals surface area contributed by atoms with E-state index in [9.17, 15) is 13.2 Å². The Morgan fingerprint density at radius 2 is 1.81 bits per heavy atom. The Hall–Kier alpha value is -2.39. The number of hydrogen-bond acceptors (Lipinski definition) is 5. The third kappa shape index (κ3) is 4.77. The first-order chi connectivity index (χ1) is 14.8. The van der Waals surface area contributed by atoms with Crippen LogP contribution in [-0.4, -0.2) is 14.3 Å². The molecule has 0 fully saturated rings. The van der Waals surface area contributed by atoms with Crippen molar-refractivity contribution in [1.29, 1.82) is 0 Å². The second-order valence-electron chi connectivity index (χ2n) is 6.53. The Kier molecular flexibility index (Phi) is 6.34. The monoisotopic (exact) mass is 535 g/mol. The molecule has 1 amide bonds. The molecule has 0 saturated heterocycles. The topological polar surface area (TPSA) is 67.6 Å². The fourth-order valence-electron chi connectivity index (χ4n) is 2.93. The summed E-state index contributed by atoms with van der Waals surface area (Å²) >= 11 is 10.9. The van der Waals surface area contributed by atoms with Crippen LogP contribution in [-0.2, 0) is 16.4 Å². The lowest BCUT2D eigenvalue weighted by atomic mass is 10.2. The van der Waals surface area contributed by atoms with Crippen LogP contribution in [0.2, 0.25) is 5.02 Å². The molecule has 0 spiro atoms. The van der Waals surface area contributed by atoms with Crippen molar-refractivity contribution in [1.82, 2.24) is 0 Å². The molecular weight excluding hydrogens is 522 g/mol. The number of hydrogen-bond donors (Lipinski definition) is 0. The van der Waals surface area contributed by atoms with Crippen LogP contribution in [0.15, 0.2) is 97.1 Å². The Morgan fingerprint density at radius 3 is 2.48 bits per heavy atom. The van der Waals surface area contributed by atoms with Gasteiger partial charge in [-0.3, -0.25) is 4.79 Å². The summed E-state index contributed by atoms with van der Waals surface area (Å²) in [7, 11) is -3.89. The van der Waals surface area contributed by atoms with Gasteiger partial charge in [-0.15, -0.1) is 11.3 Å². The number of sulfone groups is 1. The lowest BCUT2D eigenvalue weighted by Crippen LogP contribution is -2.29. The van der Waals surface area contributed by atoms with Crippen LogP contribution in [0.4, 0.5) is 5.69 Å². The van der Waals surface area contributed by atoms with Gasteiger partial charge in [0.05, 0.1) is 11.4 Å². The first kappa shape index (κ1) is 21.8. The van der Waals surface area contributed by atoms with Crippen LogP contribution in [0.1, 0.15) is 15.4 Å². The molecular formula is C22H15BrClNO4S2. The first-order valence-corrected chi connectivity index (χ1v) is 12.6. The minimum absolute atomic E-state index is 0.0766. The molecule has 0 atom stereocenters. The van der Waals surface area contributed by atoms with Crippen molar-refractivity contribution >= 4 is 60.3 Å². The first-order valence-electron chi connectivity index (χ1n) is 9.05. The summed E-state index contributed by atoms with van der Waals surface area (Å²) in [6, 6.07) is 19.6. The number of carbonyl (C=O) groups is 1. The maximum atomic E-state index is 13.3. The minimum Gasteiger partial charge on any atom is -0.439 e. The standard InChI is InChI=1S/C22H15BrClNO4S2/c23-15-6-8-19(9-7-15)31(27,28)21-11-10-20(29-21)22(26)25(14-18-5-2-12-30-18)17-4-1-3-16(24)13-17/h1-13H,14H2. The Labute approximate surface area is 196 Å². The molecule has 31 heavy (non-hydrogen) atoms. The summed E-state index contributed by atoms with van der Waals surface area (Å²) in [5, 5.41) is 2.12. The maximum absolute atomic E-state index is 13.3. The van der Waals surface area contributed by atoms with E-state index in [1.807, 2.05) is 17.5 Å². The lowest BCUT2D eigenvalue weighted by molar-refractivity contribution is 0.0953. The van der Waals surface area contributed by atoms with Crippen molar-refractivity contribution in [3.63, 3.8) is 0 Å². The highest BCUT2D eigenvalue weighted by molar-refractivity contribution is 9.10. The van der Waals surface area contributed by atoms with E-state index in [-0.39, 0.29) is 15.7 Å². The number of nitrogens with zero attached hydrogens (tertiary/aromatic N) is 1. The lowest BCUT2D eigenvalue weighted by Gasteiger charge is -2.21. The largest absolute Gasteiger partial charge is 0.439 e. The van der Waals surface area contributed by atoms with Crippen LogP contribution in [0.3, 0.4) is 0 Å². The predicted molar refractivity (Wildman–Crippen MR) is 125 cm³/mol. The van der Waals surface area contributed by atoms with Crippen LogP contribution >= 0.6 is 38.9 Å². The van der Waals surface area contributed by atoms with Gasteiger partial charge in [0, 0.05) is 20.1 Å². The number of rotatable bonds is 6. The number of halogens is 2. The average molecular weight is 537 g/mol. The van der Waals surface area contributed by atoms with E-state index in [0.29, 0.717) is 17.3 Å². The van der Waals surface area contributed by atoms with Gasteiger partial charge < -0.3 is 9.32 Å². The van der Waals surface area contributed by atoms with E-state index in [2.05, 4.69) is 15.9 Å². The molecule has 0 aliphatic carbocycles. The molecule has 2 aromatic carbocycles. The maximum Gasteiger partial charge on any atom is 0.294 e. The van der Waals surface area contributed by atoms with Crippen LogP contribution in [0.25, 0.3) is 0 Å². The Morgan fingerprint density at radius 1 is 1.03 bits per heavy atom. The van der Waals surface area contributed by atoms with Gasteiger partial charge in [0.2, 0.25) is 14.9 Å². The second-order valence-corrected chi connectivity index (χ2v) is 10.8. The summed E-state index contributed by atoms with van der Waals surface area (Å²) in [4.78, 5) is 15.8. The fraction of sp³-hybridized carbons (Fsp3) is 0.0455. The fourth-order valence-corrected chi connectivity index (χ4v) is 5.24. The SMILES string of the molecule is O=C(c1ccc(S(=O)(=O)c2ccc(Br)cc2)o1)N(Cc1cccs1)c1cccc(Cl)c1. The van der Waals surface area contributed by atoms with Gasteiger partial charge in [0.1, 0.15) is 0 Å². The smallest absolute Gasteiger partial charge is 0.294 e. The highest BCUT2D eigenvalue weighted by Crippen LogP contribution is 2.28. The van der Waals surface area contributed by atoms with Crippen molar-refractivity contribution in [2.75, 3.05) is 4.90 Å². The zero-order chi connectivity index (χ0) is 22.0. The zero-order valence-electron chi connectivity index (χ0n) is 15.9. The normalized spacial score (nSPS) is 11.4. The molecule has 4 rings (SSSR count). The van der Waals surface area contributed by atoms with Gasteiger partial charge in [0.15, 0.2) is 5.76 Å². The summed E-state index contributed by atoms with van der Waals surface area (Å²) in [5.74, 6) is -0.542. The molecule has 5 nitrogen and oxygen atoms in total. The molecule has 0 unspecified atom stereocenters. The van der Waals surface area contributed by atoms with Crippen molar-refractivity contribution < 1.29 is 17.6 Å². The minimum atomic E-state index is -3.89. The van der Waals surface area contributed by atoms with E-state index in [4.69, 9.17) is 16.0 Å². The zero-order valence-corrected chi connectivity index (χ0v) is 19.8. The summed E-state index contributed by atoms with van der Waals surface area (Å²) in [5.41, 5.74) is 0.583. The summed E-state index contributed by atoms with van der Waals surface area (Å²) < 4.78 is 32.0. The van der Waals surface area contributed by atoms with Crippen molar-refractivity contribution in [3.8, 4) is 0 Å². The number of anilines is 1. The van der Waals surface area contributed by atoms with Gasteiger partial charge in [-0.2, -0.15) is 0 Å². The number of carbonyl (C=O) groups excluding carboxylic acids is 1. The van der Waals surface area contributed by atoms with Crippen LogP contribution in [0, 0.1) is 0 Å². The Bertz CT molecular complexity index is 1320. The van der Waals surface area contributed by atoms with Crippen molar-refractivity contribution in [2.24, 2.45) is 0 Å². The van der Waals surface area contributed by atoms with Crippen LogP contribution in [0.5, 0.6) is 0 Å². The van der Waals surface area contributed by atoms with Gasteiger partial charge in [-0.1, -0.05) is 39.7 Å². The average Bonchev–Trinajstić information content (AvgIpc) is 3.44. The van der Waals surface area contributed by atoms with E-state index in [1.165, 1.54) is 40.5 Å². The number of thiophene rings is 1. The molecule has 0 bridgehead atoms. The molecule has 0 radical (unpaired) electrons. The third-order valence-corrected chi connectivity index (χ3v) is 7.71. The summed E-state index contributed by atoms with van der Waals surface area (Å²) in [6.45, 7) is 0.298. The quantitative estimate of drug-likeness (QED) is 0.284. The van der Waals surface area contributed by atoms with E-state index >= 15 is 0 Å². The molecule has 0 N–H and O–H groups in total. The Balaban J connectivity index is 1.68.